The van der Waals surface area contributed by atoms with Crippen LogP contribution in [-0.2, 0) is 0 Å². The van der Waals surface area contributed by atoms with E-state index in [1.807, 2.05) is 30.3 Å². The fourth-order valence-electron chi connectivity index (χ4n) is 2.14. The number of halogens is 2. The number of Topliss-reactive ketones (excluding diaryl/α,β-unsaturated/α-hetero) is 1. The summed E-state index contributed by atoms with van der Waals surface area (Å²) in [6.45, 7) is 0. The summed E-state index contributed by atoms with van der Waals surface area (Å²) in [6, 6.07) is 16.3. The Morgan fingerprint density at radius 2 is 1.70 bits per heavy atom. The van der Waals surface area contributed by atoms with Crippen LogP contribution in [0.3, 0.4) is 0 Å². The third-order valence-electron chi connectivity index (χ3n) is 3.27. The van der Waals surface area contributed by atoms with Gasteiger partial charge in [0.25, 0.3) is 0 Å². The number of benzene rings is 2. The molecular weight excluding hydrogens is 331 g/mol. The first kappa shape index (κ1) is 15.5. The first-order chi connectivity index (χ1) is 11.1. The summed E-state index contributed by atoms with van der Waals surface area (Å²) in [6.07, 6.45) is 4.90. The number of carbonyl (C=O) groups is 1. The number of ketones is 1. The van der Waals surface area contributed by atoms with Crippen LogP contribution in [0.4, 0.5) is 0 Å². The van der Waals surface area contributed by atoms with Crippen LogP contribution in [0.5, 0.6) is 0 Å². The fourth-order valence-corrected chi connectivity index (χ4v) is 2.42. The fraction of sp³-hybridized carbons (Fsp3) is 0. The van der Waals surface area contributed by atoms with E-state index >= 15 is 0 Å². The average Bonchev–Trinajstić information content (AvgIpc) is 3.01. The summed E-state index contributed by atoms with van der Waals surface area (Å²) in [4.78, 5) is 16.8. The van der Waals surface area contributed by atoms with Gasteiger partial charge < -0.3 is 4.57 Å². The number of allylic oxidation sites excluding steroid dienone is 1. The zero-order valence-electron chi connectivity index (χ0n) is 12.0. The SMILES string of the molecule is O=C(/C(=C/c1ccc(Cl)cc1)n1cnc(Cl)c1)c1ccccc1. The molecule has 0 amide bonds. The predicted molar refractivity (Wildman–Crippen MR) is 93.6 cm³/mol. The van der Waals surface area contributed by atoms with Gasteiger partial charge in [0.2, 0.25) is 5.78 Å². The van der Waals surface area contributed by atoms with Gasteiger partial charge in [-0.2, -0.15) is 0 Å². The first-order valence-electron chi connectivity index (χ1n) is 6.90. The Bertz CT molecular complexity index is 852. The highest BCUT2D eigenvalue weighted by Gasteiger charge is 2.14. The molecule has 2 aromatic carbocycles. The lowest BCUT2D eigenvalue weighted by molar-refractivity contribution is 0.105. The Morgan fingerprint density at radius 3 is 2.30 bits per heavy atom. The molecule has 0 radical (unpaired) electrons. The number of hydrogen-bond donors (Lipinski definition) is 0. The molecule has 0 aliphatic rings. The van der Waals surface area contributed by atoms with Crippen molar-refractivity contribution in [3.05, 3.63) is 88.4 Å². The second-order valence-electron chi connectivity index (χ2n) is 4.88. The van der Waals surface area contributed by atoms with Crippen LogP contribution < -0.4 is 0 Å². The van der Waals surface area contributed by atoms with Crippen molar-refractivity contribution in [1.82, 2.24) is 9.55 Å². The Morgan fingerprint density at radius 1 is 1.00 bits per heavy atom. The van der Waals surface area contributed by atoms with Gasteiger partial charge in [-0.1, -0.05) is 65.7 Å². The molecule has 0 spiro atoms. The van der Waals surface area contributed by atoms with Crippen LogP contribution in [0, 0.1) is 0 Å². The van der Waals surface area contributed by atoms with Gasteiger partial charge in [-0.05, 0) is 23.8 Å². The summed E-state index contributed by atoms with van der Waals surface area (Å²) in [5.41, 5.74) is 1.91. The van der Waals surface area contributed by atoms with Crippen molar-refractivity contribution in [2.24, 2.45) is 0 Å². The highest BCUT2D eigenvalue weighted by Crippen LogP contribution is 2.20. The summed E-state index contributed by atoms with van der Waals surface area (Å²) < 4.78 is 1.62. The lowest BCUT2D eigenvalue weighted by atomic mass is 10.1. The molecule has 0 atom stereocenters. The molecule has 1 aromatic heterocycles. The van der Waals surface area contributed by atoms with Crippen molar-refractivity contribution >= 4 is 40.8 Å². The van der Waals surface area contributed by atoms with Gasteiger partial charge in [-0.25, -0.2) is 4.98 Å². The molecule has 0 bridgehead atoms. The van der Waals surface area contributed by atoms with Gasteiger partial charge in [0.1, 0.15) is 11.5 Å². The number of hydrogen-bond acceptors (Lipinski definition) is 2. The second-order valence-corrected chi connectivity index (χ2v) is 5.70. The maximum Gasteiger partial charge on any atom is 0.209 e. The van der Waals surface area contributed by atoms with Crippen LogP contribution in [-0.4, -0.2) is 15.3 Å². The van der Waals surface area contributed by atoms with Crippen LogP contribution in [0.2, 0.25) is 10.2 Å². The highest BCUT2D eigenvalue weighted by molar-refractivity contribution is 6.31. The zero-order valence-corrected chi connectivity index (χ0v) is 13.5. The lowest BCUT2D eigenvalue weighted by Gasteiger charge is -2.08. The van der Waals surface area contributed by atoms with E-state index in [2.05, 4.69) is 4.98 Å². The summed E-state index contributed by atoms with van der Waals surface area (Å²) >= 11 is 11.8. The Kier molecular flexibility index (Phi) is 4.60. The minimum absolute atomic E-state index is 0.116. The topological polar surface area (TPSA) is 34.9 Å². The van der Waals surface area contributed by atoms with E-state index < -0.39 is 0 Å². The van der Waals surface area contributed by atoms with E-state index in [4.69, 9.17) is 23.2 Å². The Balaban J connectivity index is 2.07. The largest absolute Gasteiger partial charge is 0.301 e. The number of carbonyl (C=O) groups excluding carboxylic acids is 1. The molecule has 0 aliphatic heterocycles. The molecule has 0 fully saturated rings. The van der Waals surface area contributed by atoms with Crippen LogP contribution in [0.1, 0.15) is 15.9 Å². The minimum atomic E-state index is -0.116. The molecule has 0 unspecified atom stereocenters. The normalized spacial score (nSPS) is 11.5. The number of rotatable bonds is 4. The minimum Gasteiger partial charge on any atom is -0.301 e. The number of aromatic nitrogens is 2. The van der Waals surface area contributed by atoms with Crippen molar-refractivity contribution in [1.29, 1.82) is 0 Å². The van der Waals surface area contributed by atoms with E-state index in [9.17, 15) is 4.79 Å². The summed E-state index contributed by atoms with van der Waals surface area (Å²) in [5.74, 6) is -0.116. The lowest BCUT2D eigenvalue weighted by Crippen LogP contribution is -2.08. The molecule has 114 valence electrons. The van der Waals surface area contributed by atoms with Crippen molar-refractivity contribution in [3.8, 4) is 0 Å². The zero-order chi connectivity index (χ0) is 16.2. The summed E-state index contributed by atoms with van der Waals surface area (Å²) in [5, 5.41) is 0.969. The van der Waals surface area contributed by atoms with Crippen molar-refractivity contribution < 1.29 is 4.79 Å². The smallest absolute Gasteiger partial charge is 0.209 e. The molecule has 3 nitrogen and oxygen atoms in total. The second kappa shape index (κ2) is 6.82. The third-order valence-corrected chi connectivity index (χ3v) is 3.72. The molecule has 5 heteroatoms. The van der Waals surface area contributed by atoms with E-state index in [0.717, 1.165) is 5.56 Å². The van der Waals surface area contributed by atoms with E-state index in [1.165, 1.54) is 6.33 Å². The first-order valence-corrected chi connectivity index (χ1v) is 7.66. The maximum absolute atomic E-state index is 12.8. The van der Waals surface area contributed by atoms with E-state index in [-0.39, 0.29) is 5.78 Å². The molecule has 0 saturated heterocycles. The number of imidazole rings is 1. The standard InChI is InChI=1S/C18H12Cl2N2O/c19-15-8-6-13(7-9-15)10-16(22-11-17(20)21-12-22)18(23)14-4-2-1-3-5-14/h1-12H/b16-10-. The van der Waals surface area contributed by atoms with Crippen LogP contribution in [0.15, 0.2) is 67.1 Å². The van der Waals surface area contributed by atoms with Gasteiger partial charge in [0.05, 0.1) is 5.70 Å². The molecule has 3 aromatic rings. The van der Waals surface area contributed by atoms with Gasteiger partial charge in [-0.3, -0.25) is 4.79 Å². The molecule has 0 N–H and O–H groups in total. The van der Waals surface area contributed by atoms with Crippen LogP contribution in [0.25, 0.3) is 11.8 Å². The molecule has 3 rings (SSSR count). The number of nitrogens with zero attached hydrogens (tertiary/aromatic N) is 2. The third kappa shape index (κ3) is 3.70. The van der Waals surface area contributed by atoms with E-state index in [1.54, 1.807) is 41.1 Å². The molecule has 1 heterocycles. The predicted octanol–water partition coefficient (Wildman–Crippen LogP) is 5.07. The molecular formula is C18H12Cl2N2O. The average molecular weight is 343 g/mol. The highest BCUT2D eigenvalue weighted by atomic mass is 35.5. The van der Waals surface area contributed by atoms with Gasteiger partial charge in [0, 0.05) is 16.8 Å². The molecule has 0 saturated carbocycles. The maximum atomic E-state index is 12.8. The molecule has 0 aliphatic carbocycles. The van der Waals surface area contributed by atoms with E-state index in [0.29, 0.717) is 21.4 Å². The van der Waals surface area contributed by atoms with Gasteiger partial charge in [0.15, 0.2) is 0 Å². The summed E-state index contributed by atoms with van der Waals surface area (Å²) in [7, 11) is 0. The van der Waals surface area contributed by atoms with Crippen LogP contribution >= 0.6 is 23.2 Å². The quantitative estimate of drug-likeness (QED) is 0.490. The van der Waals surface area contributed by atoms with Crippen molar-refractivity contribution in [2.45, 2.75) is 0 Å². The monoisotopic (exact) mass is 342 g/mol. The van der Waals surface area contributed by atoms with Gasteiger partial charge in [-0.15, -0.1) is 0 Å². The van der Waals surface area contributed by atoms with Gasteiger partial charge >= 0.3 is 0 Å². The molecule has 23 heavy (non-hydrogen) atoms. The van der Waals surface area contributed by atoms with Crippen molar-refractivity contribution in [3.63, 3.8) is 0 Å². The van der Waals surface area contributed by atoms with Crippen molar-refractivity contribution in [2.75, 3.05) is 0 Å². The Hall–Kier alpha value is -2.36. The Labute approximate surface area is 143 Å².